The van der Waals surface area contributed by atoms with Crippen molar-refractivity contribution in [3.8, 4) is 0 Å². The lowest BCUT2D eigenvalue weighted by atomic mass is 9.82. The molecule has 1 aliphatic carbocycles. The molecular formula is C19H31NO4. The van der Waals surface area contributed by atoms with Gasteiger partial charge in [0.1, 0.15) is 0 Å². The van der Waals surface area contributed by atoms with Gasteiger partial charge in [0.05, 0.1) is 0 Å². The fraction of sp³-hybridized carbons (Fsp3) is 0.842. The van der Waals surface area contributed by atoms with Crippen molar-refractivity contribution in [3.63, 3.8) is 0 Å². The van der Waals surface area contributed by atoms with Gasteiger partial charge in [-0.1, -0.05) is 0 Å². The zero-order valence-corrected chi connectivity index (χ0v) is 14.8. The van der Waals surface area contributed by atoms with Crippen molar-refractivity contribution >= 4 is 5.91 Å². The van der Waals surface area contributed by atoms with Crippen LogP contribution in [0.2, 0.25) is 0 Å². The van der Waals surface area contributed by atoms with Crippen LogP contribution in [0.15, 0.2) is 11.8 Å². The summed E-state index contributed by atoms with van der Waals surface area (Å²) in [5, 5.41) is 9.21. The number of nitrogens with zero attached hydrogens (tertiary/aromatic N) is 1. The minimum absolute atomic E-state index is 0.0330. The molecule has 2 heterocycles. The Kier molecular flexibility index (Phi) is 6.17. The highest BCUT2D eigenvalue weighted by Crippen LogP contribution is 2.47. The summed E-state index contributed by atoms with van der Waals surface area (Å²) in [6.45, 7) is 4.39. The van der Waals surface area contributed by atoms with Crippen LogP contribution in [-0.4, -0.2) is 48.5 Å². The van der Waals surface area contributed by atoms with E-state index in [9.17, 15) is 9.90 Å². The number of rotatable bonds is 7. The maximum atomic E-state index is 12.8. The third kappa shape index (κ3) is 4.12. The van der Waals surface area contributed by atoms with Gasteiger partial charge >= 0.3 is 0 Å². The first-order valence-corrected chi connectivity index (χ1v) is 9.64. The summed E-state index contributed by atoms with van der Waals surface area (Å²) in [6, 6.07) is 0. The van der Waals surface area contributed by atoms with Crippen molar-refractivity contribution in [2.75, 3.05) is 26.3 Å². The maximum absolute atomic E-state index is 12.8. The summed E-state index contributed by atoms with van der Waals surface area (Å²) in [7, 11) is 0. The van der Waals surface area contributed by atoms with Crippen LogP contribution in [0.1, 0.15) is 51.9 Å². The first-order chi connectivity index (χ1) is 11.7. The van der Waals surface area contributed by atoms with E-state index in [2.05, 4.69) is 6.08 Å². The van der Waals surface area contributed by atoms with E-state index in [-0.39, 0.29) is 24.7 Å². The molecule has 24 heavy (non-hydrogen) atoms. The monoisotopic (exact) mass is 337 g/mol. The van der Waals surface area contributed by atoms with Crippen molar-refractivity contribution < 1.29 is 19.4 Å². The molecule has 3 rings (SSSR count). The van der Waals surface area contributed by atoms with Gasteiger partial charge in [0, 0.05) is 32.2 Å². The minimum Gasteiger partial charge on any atom is -0.459 e. The first-order valence-electron chi connectivity index (χ1n) is 9.64. The number of allylic oxidation sites excluding steroid dienone is 1. The average molecular weight is 337 g/mol. The summed E-state index contributed by atoms with van der Waals surface area (Å²) in [4.78, 5) is 14.8. The summed E-state index contributed by atoms with van der Waals surface area (Å²) in [5.41, 5.74) is 0. The van der Waals surface area contributed by atoms with Gasteiger partial charge in [0.2, 0.25) is 6.29 Å². The number of ether oxygens (including phenoxy) is 2. The quantitative estimate of drug-likeness (QED) is 0.776. The number of aliphatic hydroxyl groups excluding tert-OH is 1. The van der Waals surface area contributed by atoms with Crippen LogP contribution in [0.25, 0.3) is 0 Å². The van der Waals surface area contributed by atoms with Gasteiger partial charge < -0.3 is 19.5 Å². The van der Waals surface area contributed by atoms with E-state index in [0.29, 0.717) is 24.2 Å². The fourth-order valence-corrected chi connectivity index (χ4v) is 4.05. The molecule has 0 radical (unpaired) electrons. The minimum atomic E-state index is -0.360. The van der Waals surface area contributed by atoms with Gasteiger partial charge in [0.25, 0.3) is 5.91 Å². The van der Waals surface area contributed by atoms with E-state index < -0.39 is 0 Å². The van der Waals surface area contributed by atoms with Crippen LogP contribution in [0, 0.1) is 17.8 Å². The Morgan fingerprint density at radius 2 is 2.08 bits per heavy atom. The third-order valence-electron chi connectivity index (χ3n) is 5.48. The molecule has 2 aliphatic heterocycles. The lowest BCUT2D eigenvalue weighted by Crippen LogP contribution is -2.43. The molecule has 136 valence electrons. The Morgan fingerprint density at radius 3 is 2.71 bits per heavy atom. The molecule has 3 atom stereocenters. The van der Waals surface area contributed by atoms with E-state index in [4.69, 9.17) is 9.47 Å². The smallest absolute Gasteiger partial charge is 0.288 e. The molecule has 2 fully saturated rings. The highest BCUT2D eigenvalue weighted by molar-refractivity contribution is 5.91. The molecule has 1 saturated carbocycles. The Balaban J connectivity index is 1.76. The third-order valence-corrected chi connectivity index (χ3v) is 5.48. The highest BCUT2D eigenvalue weighted by Gasteiger charge is 2.44. The van der Waals surface area contributed by atoms with Crippen molar-refractivity contribution in [1.29, 1.82) is 0 Å². The number of hydrogen-bond donors (Lipinski definition) is 1. The standard InChI is InChI=1S/C19H31NO4/c1-2-23-19-15(7-6-12-21)16(14-8-9-14)13-17(24-19)18(22)20-10-4-3-5-11-20/h13-16,19,21H,2-12H2,1H3/t15-,16+,19+/m1/s1. The molecule has 5 heteroatoms. The van der Waals surface area contributed by atoms with Crippen molar-refractivity contribution in [2.45, 2.75) is 58.2 Å². The zero-order chi connectivity index (χ0) is 16.9. The summed E-state index contributed by atoms with van der Waals surface area (Å²) in [6.07, 6.45) is 9.17. The predicted molar refractivity (Wildman–Crippen MR) is 91.0 cm³/mol. The molecule has 0 aromatic heterocycles. The van der Waals surface area contributed by atoms with Gasteiger partial charge in [0.15, 0.2) is 5.76 Å². The molecule has 5 nitrogen and oxygen atoms in total. The van der Waals surface area contributed by atoms with E-state index in [0.717, 1.165) is 38.8 Å². The van der Waals surface area contributed by atoms with E-state index >= 15 is 0 Å². The highest BCUT2D eigenvalue weighted by atomic mass is 16.7. The van der Waals surface area contributed by atoms with Crippen LogP contribution < -0.4 is 0 Å². The number of amides is 1. The van der Waals surface area contributed by atoms with Crippen molar-refractivity contribution in [3.05, 3.63) is 11.8 Å². The first kappa shape index (κ1) is 17.7. The van der Waals surface area contributed by atoms with Gasteiger partial charge in [-0.25, -0.2) is 0 Å². The number of carbonyl (C=O) groups excluding carboxylic acids is 1. The lowest BCUT2D eigenvalue weighted by molar-refractivity contribution is -0.177. The van der Waals surface area contributed by atoms with Crippen LogP contribution in [-0.2, 0) is 14.3 Å². The van der Waals surface area contributed by atoms with Crippen molar-refractivity contribution in [1.82, 2.24) is 4.90 Å². The number of carbonyl (C=O) groups is 1. The summed E-state index contributed by atoms with van der Waals surface area (Å²) >= 11 is 0. The SMILES string of the molecule is CCO[C@H]1OC(C(=O)N2CCCCC2)=C[C@@H](C2CC2)[C@H]1CCCO. The van der Waals surface area contributed by atoms with E-state index in [1.165, 1.54) is 19.3 Å². The number of hydrogen-bond acceptors (Lipinski definition) is 4. The molecule has 1 N–H and O–H groups in total. The Bertz CT molecular complexity index is 454. The predicted octanol–water partition coefficient (Wildman–Crippen LogP) is 2.69. The van der Waals surface area contributed by atoms with Gasteiger partial charge in [-0.15, -0.1) is 0 Å². The van der Waals surface area contributed by atoms with Crippen LogP contribution in [0.4, 0.5) is 0 Å². The molecular weight excluding hydrogens is 306 g/mol. The van der Waals surface area contributed by atoms with E-state index in [1.807, 2.05) is 11.8 Å². The molecule has 1 saturated heterocycles. The molecule has 0 aromatic carbocycles. The average Bonchev–Trinajstić information content (AvgIpc) is 3.45. The number of piperidine rings is 1. The molecule has 3 aliphatic rings. The van der Waals surface area contributed by atoms with Crippen molar-refractivity contribution in [2.24, 2.45) is 17.8 Å². The molecule has 0 bridgehead atoms. The zero-order valence-electron chi connectivity index (χ0n) is 14.8. The lowest BCUT2D eigenvalue weighted by Gasteiger charge is -2.38. The Hall–Kier alpha value is -1.07. The number of aliphatic hydroxyl groups is 1. The van der Waals surface area contributed by atoms with Gasteiger partial charge in [-0.2, -0.15) is 0 Å². The fourth-order valence-electron chi connectivity index (χ4n) is 4.05. The maximum Gasteiger partial charge on any atom is 0.288 e. The Labute approximate surface area is 145 Å². The topological polar surface area (TPSA) is 59.0 Å². The second-order valence-electron chi connectivity index (χ2n) is 7.27. The van der Waals surface area contributed by atoms with Gasteiger partial charge in [-0.05, 0) is 69.8 Å². The van der Waals surface area contributed by atoms with Crippen LogP contribution in [0.5, 0.6) is 0 Å². The van der Waals surface area contributed by atoms with E-state index in [1.54, 1.807) is 0 Å². The van der Waals surface area contributed by atoms with Gasteiger partial charge in [-0.3, -0.25) is 4.79 Å². The molecule has 0 unspecified atom stereocenters. The molecule has 0 aromatic rings. The largest absolute Gasteiger partial charge is 0.459 e. The van der Waals surface area contributed by atoms with Crippen LogP contribution in [0.3, 0.4) is 0 Å². The summed E-state index contributed by atoms with van der Waals surface area (Å²) < 4.78 is 11.9. The summed E-state index contributed by atoms with van der Waals surface area (Å²) in [5.74, 6) is 1.75. The number of likely N-dealkylation sites (tertiary alicyclic amines) is 1. The second-order valence-corrected chi connectivity index (χ2v) is 7.27. The normalized spacial score (nSPS) is 30.7. The Morgan fingerprint density at radius 1 is 1.33 bits per heavy atom. The molecule has 1 amide bonds. The second kappa shape index (κ2) is 8.34. The molecule has 0 spiro atoms. The van der Waals surface area contributed by atoms with Crippen LogP contribution >= 0.6 is 0 Å².